The molecule has 3 rings (SSSR count). The summed E-state index contributed by atoms with van der Waals surface area (Å²) >= 11 is 0.960. The van der Waals surface area contributed by atoms with E-state index >= 15 is 0 Å². The van der Waals surface area contributed by atoms with Gasteiger partial charge in [-0.1, -0.05) is 36.0 Å². The fourth-order valence-corrected chi connectivity index (χ4v) is 5.23. The first-order valence-corrected chi connectivity index (χ1v) is 12.7. The molecule has 1 unspecified atom stereocenters. The lowest BCUT2D eigenvalue weighted by atomic mass is 10.1. The molecule has 1 saturated heterocycles. The topological polar surface area (TPSA) is 176 Å². The largest absolute Gasteiger partial charge is 0.489 e. The summed E-state index contributed by atoms with van der Waals surface area (Å²) in [5, 5.41) is 19.3. The molecule has 35 heavy (non-hydrogen) atoms. The summed E-state index contributed by atoms with van der Waals surface area (Å²) in [6.07, 6.45) is -0.476. The Kier molecular flexibility index (Phi) is 8.48. The minimum Gasteiger partial charge on any atom is -0.489 e. The number of benzene rings is 2. The van der Waals surface area contributed by atoms with Crippen LogP contribution >= 0.6 is 11.8 Å². The van der Waals surface area contributed by atoms with E-state index in [2.05, 4.69) is 5.32 Å². The van der Waals surface area contributed by atoms with Gasteiger partial charge >= 0.3 is 11.9 Å². The van der Waals surface area contributed by atoms with Gasteiger partial charge in [-0.15, -0.1) is 0 Å². The van der Waals surface area contributed by atoms with E-state index in [1.54, 1.807) is 24.3 Å². The number of ether oxygens (including phenoxy) is 1. The van der Waals surface area contributed by atoms with Crippen molar-refractivity contribution in [3.63, 3.8) is 0 Å². The average molecular weight is 523 g/mol. The normalized spacial score (nSPS) is 16.5. The molecule has 11 nitrogen and oxygen atoms in total. The summed E-state index contributed by atoms with van der Waals surface area (Å²) < 4.78 is 32.7. The van der Waals surface area contributed by atoms with Crippen molar-refractivity contribution < 1.29 is 42.5 Å². The van der Waals surface area contributed by atoms with Gasteiger partial charge < -0.3 is 14.9 Å². The predicted molar refractivity (Wildman–Crippen MR) is 124 cm³/mol. The smallest absolute Gasteiger partial charge is 0.321 e. The zero-order chi connectivity index (χ0) is 25.6. The van der Waals surface area contributed by atoms with Crippen LogP contribution in [0, 0.1) is 0 Å². The molecule has 2 atom stereocenters. The third-order valence-corrected chi connectivity index (χ3v) is 7.46. The van der Waals surface area contributed by atoms with Gasteiger partial charge in [0.15, 0.2) is 0 Å². The van der Waals surface area contributed by atoms with Gasteiger partial charge in [0, 0.05) is 6.42 Å². The lowest BCUT2D eigenvalue weighted by Crippen LogP contribution is -2.41. The fraction of sp³-hybridized carbons (Fsp3) is 0.273. The molecule has 0 saturated carbocycles. The number of nitrogens with one attached hydrogen (secondary N) is 2. The standard InChI is InChI=1S/C22H22N2O9S2/c25-19(26)10-9-17(21(28)29)24-35(31,32)16-7-3-14(4-8-16)12-33-15-5-1-13(2-6-15)11-18-20(27)23-22(30)34-18/h1-8,17-18,24H,9-12H2,(H,25,26)(H,28,29)(H,23,27,30)/t17-,18?/m1/s1. The van der Waals surface area contributed by atoms with E-state index in [-0.39, 0.29) is 29.1 Å². The minimum absolute atomic E-state index is 0.138. The lowest BCUT2D eigenvalue weighted by Gasteiger charge is -2.14. The highest BCUT2D eigenvalue weighted by molar-refractivity contribution is 8.15. The van der Waals surface area contributed by atoms with Gasteiger partial charge in [0.1, 0.15) is 18.4 Å². The fourth-order valence-electron chi connectivity index (χ4n) is 3.15. The SMILES string of the molecule is O=C(O)CC[C@@H](NS(=O)(=O)c1ccc(COc2ccc(CC3SC(=O)NC3=O)cc2)cc1)C(=O)O. The highest BCUT2D eigenvalue weighted by atomic mass is 32.2. The molecule has 13 heteroatoms. The molecule has 0 aliphatic carbocycles. The van der Waals surface area contributed by atoms with Crippen LogP contribution in [0.3, 0.4) is 0 Å². The van der Waals surface area contributed by atoms with Crippen LogP contribution in [-0.2, 0) is 37.4 Å². The summed E-state index contributed by atoms with van der Waals surface area (Å²) in [4.78, 5) is 44.7. The van der Waals surface area contributed by atoms with Crippen molar-refractivity contribution in [3.8, 4) is 5.75 Å². The maximum atomic E-state index is 12.5. The van der Waals surface area contributed by atoms with E-state index in [0.29, 0.717) is 17.7 Å². The molecule has 1 fully saturated rings. The molecule has 186 valence electrons. The number of hydrogen-bond acceptors (Lipinski definition) is 8. The quantitative estimate of drug-likeness (QED) is 0.321. The van der Waals surface area contributed by atoms with Gasteiger partial charge in [-0.2, -0.15) is 4.72 Å². The Morgan fingerprint density at radius 3 is 2.20 bits per heavy atom. The summed E-state index contributed by atoms with van der Waals surface area (Å²) in [6.45, 7) is 0.138. The van der Waals surface area contributed by atoms with Gasteiger partial charge in [0.25, 0.3) is 5.24 Å². The van der Waals surface area contributed by atoms with E-state index in [0.717, 1.165) is 17.3 Å². The molecule has 1 aliphatic rings. The van der Waals surface area contributed by atoms with Crippen LogP contribution in [0.2, 0.25) is 0 Å². The molecule has 4 N–H and O–H groups in total. The van der Waals surface area contributed by atoms with Crippen LogP contribution in [-0.4, -0.2) is 53.0 Å². The maximum Gasteiger partial charge on any atom is 0.321 e. The Labute approximate surface area is 204 Å². The van der Waals surface area contributed by atoms with Crippen LogP contribution in [0.15, 0.2) is 53.4 Å². The van der Waals surface area contributed by atoms with Crippen molar-refractivity contribution in [2.45, 2.75) is 42.1 Å². The van der Waals surface area contributed by atoms with Crippen LogP contribution < -0.4 is 14.8 Å². The van der Waals surface area contributed by atoms with Crippen molar-refractivity contribution in [2.24, 2.45) is 0 Å². The van der Waals surface area contributed by atoms with Crippen LogP contribution in [0.5, 0.6) is 5.75 Å². The van der Waals surface area contributed by atoms with Crippen LogP contribution in [0.25, 0.3) is 0 Å². The number of hydrogen-bond donors (Lipinski definition) is 4. The van der Waals surface area contributed by atoms with Crippen molar-refractivity contribution in [1.29, 1.82) is 0 Å². The predicted octanol–water partition coefficient (Wildman–Crippen LogP) is 1.76. The number of carbonyl (C=O) groups is 4. The van der Waals surface area contributed by atoms with E-state index in [1.807, 2.05) is 4.72 Å². The third kappa shape index (κ3) is 7.53. The first-order valence-electron chi connectivity index (χ1n) is 10.3. The second-order valence-electron chi connectivity index (χ2n) is 7.61. The molecule has 1 heterocycles. The highest BCUT2D eigenvalue weighted by Gasteiger charge is 2.31. The van der Waals surface area contributed by atoms with E-state index in [4.69, 9.17) is 14.9 Å². The number of carboxylic acid groups (broad SMARTS) is 2. The summed E-state index contributed by atoms with van der Waals surface area (Å²) in [5.74, 6) is -2.45. The lowest BCUT2D eigenvalue weighted by molar-refractivity contribution is -0.140. The van der Waals surface area contributed by atoms with Crippen molar-refractivity contribution in [2.75, 3.05) is 0 Å². The molecule has 1 aliphatic heterocycles. The number of aliphatic carboxylic acids is 2. The van der Waals surface area contributed by atoms with Crippen molar-refractivity contribution >= 4 is 44.9 Å². The van der Waals surface area contributed by atoms with E-state index in [1.165, 1.54) is 24.3 Å². The minimum atomic E-state index is -4.17. The second kappa shape index (κ2) is 11.3. The van der Waals surface area contributed by atoms with E-state index < -0.39 is 39.7 Å². The Bertz CT molecular complexity index is 1210. The van der Waals surface area contributed by atoms with Gasteiger partial charge in [-0.05, 0) is 48.2 Å². The van der Waals surface area contributed by atoms with Gasteiger partial charge in [0.05, 0.1) is 10.1 Å². The molecule has 0 bridgehead atoms. The second-order valence-corrected chi connectivity index (χ2v) is 10.5. The third-order valence-electron chi connectivity index (χ3n) is 4.99. The molecule has 0 aromatic heterocycles. The summed E-state index contributed by atoms with van der Waals surface area (Å²) in [7, 11) is -4.17. The molecule has 2 aromatic carbocycles. The molecular formula is C22H22N2O9S2. The summed E-state index contributed by atoms with van der Waals surface area (Å²) in [6, 6.07) is 11.1. The molecular weight excluding hydrogens is 500 g/mol. The highest BCUT2D eigenvalue weighted by Crippen LogP contribution is 2.24. The molecule has 0 radical (unpaired) electrons. The number of sulfonamides is 1. The average Bonchev–Trinajstić information content (AvgIpc) is 3.12. The number of thioether (sulfide) groups is 1. The first-order chi connectivity index (χ1) is 16.5. The Balaban J connectivity index is 1.55. The summed E-state index contributed by atoms with van der Waals surface area (Å²) in [5.41, 5.74) is 1.52. The van der Waals surface area contributed by atoms with Gasteiger partial charge in [-0.25, -0.2) is 8.42 Å². The zero-order valence-corrected chi connectivity index (χ0v) is 19.8. The van der Waals surface area contributed by atoms with Gasteiger partial charge in [-0.3, -0.25) is 24.5 Å². The monoisotopic (exact) mass is 522 g/mol. The number of imide groups is 1. The van der Waals surface area contributed by atoms with E-state index in [9.17, 15) is 27.6 Å². The number of carboxylic acids is 2. The van der Waals surface area contributed by atoms with Crippen molar-refractivity contribution in [1.82, 2.24) is 10.0 Å². The Hall–Kier alpha value is -3.42. The number of rotatable bonds is 12. The molecule has 2 amide bonds. The van der Waals surface area contributed by atoms with Crippen LogP contribution in [0.1, 0.15) is 24.0 Å². The van der Waals surface area contributed by atoms with Crippen LogP contribution in [0.4, 0.5) is 4.79 Å². The van der Waals surface area contributed by atoms with Crippen molar-refractivity contribution in [3.05, 3.63) is 59.7 Å². The maximum absolute atomic E-state index is 12.5. The number of carbonyl (C=O) groups excluding carboxylic acids is 2. The Morgan fingerprint density at radius 1 is 1.03 bits per heavy atom. The number of amides is 2. The zero-order valence-electron chi connectivity index (χ0n) is 18.2. The first kappa shape index (κ1) is 26.2. The molecule has 0 spiro atoms. The van der Waals surface area contributed by atoms with Gasteiger partial charge in [0.2, 0.25) is 15.9 Å². The molecule has 2 aromatic rings. The Morgan fingerprint density at radius 2 is 1.66 bits per heavy atom.